The van der Waals surface area contributed by atoms with Crippen LogP contribution in [0.25, 0.3) is 0 Å². The van der Waals surface area contributed by atoms with Crippen LogP contribution in [0, 0.1) is 13.8 Å². The Balaban J connectivity index is 1.89. The summed E-state index contributed by atoms with van der Waals surface area (Å²) in [5.74, 6) is 0.907. The molecule has 0 aliphatic heterocycles. The van der Waals surface area contributed by atoms with Gasteiger partial charge in [-0.2, -0.15) is 0 Å². The fourth-order valence-corrected chi connectivity index (χ4v) is 2.61. The Kier molecular flexibility index (Phi) is 5.55. The normalized spacial score (nSPS) is 10.9. The second kappa shape index (κ2) is 7.40. The molecule has 0 aliphatic rings. The van der Waals surface area contributed by atoms with Crippen molar-refractivity contribution in [2.45, 2.75) is 40.3 Å². The van der Waals surface area contributed by atoms with Gasteiger partial charge in [0.1, 0.15) is 0 Å². The number of thiazole rings is 1. The Morgan fingerprint density at radius 2 is 2.20 bits per heavy atom. The topological polar surface area (TPSA) is 52.0 Å². The van der Waals surface area contributed by atoms with Crippen LogP contribution in [-0.2, 0) is 17.8 Å². The van der Waals surface area contributed by atoms with E-state index in [9.17, 15) is 0 Å². The van der Waals surface area contributed by atoms with Crippen LogP contribution in [0.2, 0.25) is 0 Å². The third-order valence-electron chi connectivity index (χ3n) is 2.88. The van der Waals surface area contributed by atoms with Crippen molar-refractivity contribution in [3.05, 3.63) is 28.0 Å². The third-order valence-corrected chi connectivity index (χ3v) is 3.71. The molecular weight excluding hydrogens is 272 g/mol. The first kappa shape index (κ1) is 15.0. The van der Waals surface area contributed by atoms with Crippen molar-refractivity contribution in [1.82, 2.24) is 14.5 Å². The molecule has 5 nitrogen and oxygen atoms in total. The highest BCUT2D eigenvalue weighted by Crippen LogP contribution is 2.13. The lowest BCUT2D eigenvalue weighted by Crippen LogP contribution is -2.09. The first-order valence-electron chi connectivity index (χ1n) is 6.95. The number of hydrogen-bond acceptors (Lipinski definition) is 5. The number of hydrogen-bond donors (Lipinski definition) is 1. The number of imidazole rings is 1. The van der Waals surface area contributed by atoms with E-state index in [1.54, 1.807) is 11.3 Å². The number of aromatic nitrogens is 3. The molecule has 0 atom stereocenters. The molecule has 20 heavy (non-hydrogen) atoms. The van der Waals surface area contributed by atoms with Crippen LogP contribution in [0.1, 0.15) is 29.7 Å². The summed E-state index contributed by atoms with van der Waals surface area (Å²) < 4.78 is 7.52. The monoisotopic (exact) mass is 294 g/mol. The molecule has 0 amide bonds. The Morgan fingerprint density at radius 1 is 1.35 bits per heavy atom. The summed E-state index contributed by atoms with van der Waals surface area (Å²) in [7, 11) is 0. The quantitative estimate of drug-likeness (QED) is 0.760. The molecule has 0 spiro atoms. The molecule has 0 aliphatic carbocycles. The molecule has 0 bridgehead atoms. The SMILES string of the molecule is CCOCCCn1cc(C)nc1NCc1csc(C)n1. The molecule has 2 heterocycles. The molecule has 0 aromatic carbocycles. The van der Waals surface area contributed by atoms with E-state index in [-0.39, 0.29) is 0 Å². The summed E-state index contributed by atoms with van der Waals surface area (Å²) in [6.45, 7) is 9.25. The van der Waals surface area contributed by atoms with Crippen molar-refractivity contribution in [2.24, 2.45) is 0 Å². The molecule has 0 radical (unpaired) electrons. The van der Waals surface area contributed by atoms with E-state index in [1.807, 2.05) is 20.8 Å². The second-order valence-corrected chi connectivity index (χ2v) is 5.72. The molecule has 2 aromatic heterocycles. The Bertz CT molecular complexity index is 535. The summed E-state index contributed by atoms with van der Waals surface area (Å²) in [6.07, 6.45) is 3.06. The average Bonchev–Trinajstić information content (AvgIpc) is 2.98. The molecular formula is C14H22N4OS. The average molecular weight is 294 g/mol. The van der Waals surface area contributed by atoms with Crippen LogP contribution in [0.5, 0.6) is 0 Å². The van der Waals surface area contributed by atoms with Crippen molar-refractivity contribution >= 4 is 17.3 Å². The minimum atomic E-state index is 0.715. The minimum Gasteiger partial charge on any atom is -0.382 e. The second-order valence-electron chi connectivity index (χ2n) is 4.66. The standard InChI is InChI=1S/C14H22N4OS/c1-4-19-7-5-6-18-9-11(2)16-14(18)15-8-13-10-20-12(3)17-13/h9-10H,4-8H2,1-3H3,(H,15,16). The van der Waals surface area contributed by atoms with Gasteiger partial charge in [0.15, 0.2) is 0 Å². The van der Waals surface area contributed by atoms with Crippen molar-refractivity contribution in [2.75, 3.05) is 18.5 Å². The van der Waals surface area contributed by atoms with E-state index in [4.69, 9.17) is 4.74 Å². The maximum absolute atomic E-state index is 5.37. The van der Waals surface area contributed by atoms with Crippen LogP contribution >= 0.6 is 11.3 Å². The Labute approximate surface area is 124 Å². The molecule has 2 aromatic rings. The zero-order valence-corrected chi connectivity index (χ0v) is 13.2. The number of nitrogens with zero attached hydrogens (tertiary/aromatic N) is 3. The van der Waals surface area contributed by atoms with Gasteiger partial charge in [0.2, 0.25) is 5.95 Å². The summed E-state index contributed by atoms with van der Waals surface area (Å²) >= 11 is 1.67. The van der Waals surface area contributed by atoms with E-state index in [0.717, 1.165) is 48.5 Å². The van der Waals surface area contributed by atoms with Crippen LogP contribution in [0.3, 0.4) is 0 Å². The van der Waals surface area contributed by atoms with Crippen LogP contribution in [-0.4, -0.2) is 27.7 Å². The molecule has 0 saturated carbocycles. The Morgan fingerprint density at radius 3 is 2.90 bits per heavy atom. The lowest BCUT2D eigenvalue weighted by Gasteiger charge is -2.08. The highest BCUT2D eigenvalue weighted by Gasteiger charge is 2.06. The number of anilines is 1. The number of ether oxygens (including phenoxy) is 1. The van der Waals surface area contributed by atoms with E-state index in [1.165, 1.54) is 0 Å². The minimum absolute atomic E-state index is 0.715. The summed E-state index contributed by atoms with van der Waals surface area (Å²) in [5.41, 5.74) is 2.09. The maximum atomic E-state index is 5.37. The summed E-state index contributed by atoms with van der Waals surface area (Å²) in [4.78, 5) is 8.97. The van der Waals surface area contributed by atoms with E-state index in [0.29, 0.717) is 6.54 Å². The van der Waals surface area contributed by atoms with Gasteiger partial charge in [0.25, 0.3) is 0 Å². The predicted molar refractivity (Wildman–Crippen MR) is 82.3 cm³/mol. The first-order chi connectivity index (χ1) is 9.69. The van der Waals surface area contributed by atoms with Gasteiger partial charge in [-0.25, -0.2) is 9.97 Å². The highest BCUT2D eigenvalue weighted by atomic mass is 32.1. The van der Waals surface area contributed by atoms with Gasteiger partial charge < -0.3 is 14.6 Å². The molecule has 1 N–H and O–H groups in total. The van der Waals surface area contributed by atoms with Gasteiger partial charge in [-0.3, -0.25) is 0 Å². The fourth-order valence-electron chi connectivity index (χ4n) is 2.00. The number of nitrogens with one attached hydrogen (secondary N) is 1. The zero-order chi connectivity index (χ0) is 14.4. The van der Waals surface area contributed by atoms with Crippen molar-refractivity contribution in [3.8, 4) is 0 Å². The maximum Gasteiger partial charge on any atom is 0.203 e. The van der Waals surface area contributed by atoms with Gasteiger partial charge in [-0.05, 0) is 27.2 Å². The fraction of sp³-hybridized carbons (Fsp3) is 0.571. The highest BCUT2D eigenvalue weighted by molar-refractivity contribution is 7.09. The molecule has 0 unspecified atom stereocenters. The van der Waals surface area contributed by atoms with E-state index >= 15 is 0 Å². The van der Waals surface area contributed by atoms with Gasteiger partial charge in [-0.15, -0.1) is 11.3 Å². The van der Waals surface area contributed by atoms with E-state index < -0.39 is 0 Å². The van der Waals surface area contributed by atoms with Gasteiger partial charge in [-0.1, -0.05) is 0 Å². The molecule has 0 fully saturated rings. The predicted octanol–water partition coefficient (Wildman–Crippen LogP) is 3.00. The summed E-state index contributed by atoms with van der Waals surface area (Å²) in [5, 5.41) is 6.54. The lowest BCUT2D eigenvalue weighted by molar-refractivity contribution is 0.142. The summed E-state index contributed by atoms with van der Waals surface area (Å²) in [6, 6.07) is 0. The largest absolute Gasteiger partial charge is 0.382 e. The van der Waals surface area contributed by atoms with Crippen molar-refractivity contribution < 1.29 is 4.74 Å². The van der Waals surface area contributed by atoms with Crippen LogP contribution in [0.15, 0.2) is 11.6 Å². The number of rotatable bonds is 8. The zero-order valence-electron chi connectivity index (χ0n) is 12.3. The van der Waals surface area contributed by atoms with Gasteiger partial charge in [0, 0.05) is 31.3 Å². The van der Waals surface area contributed by atoms with E-state index in [2.05, 4.69) is 31.4 Å². The third kappa shape index (κ3) is 4.31. The Hall–Kier alpha value is -1.40. The molecule has 2 rings (SSSR count). The smallest absolute Gasteiger partial charge is 0.203 e. The van der Waals surface area contributed by atoms with Gasteiger partial charge in [0.05, 0.1) is 22.9 Å². The van der Waals surface area contributed by atoms with Gasteiger partial charge >= 0.3 is 0 Å². The van der Waals surface area contributed by atoms with Crippen LogP contribution in [0.4, 0.5) is 5.95 Å². The lowest BCUT2D eigenvalue weighted by atomic mass is 10.4. The molecule has 110 valence electrons. The van der Waals surface area contributed by atoms with Crippen LogP contribution < -0.4 is 5.32 Å². The number of aryl methyl sites for hydroxylation is 3. The van der Waals surface area contributed by atoms with Crippen molar-refractivity contribution in [3.63, 3.8) is 0 Å². The van der Waals surface area contributed by atoms with Crippen molar-refractivity contribution in [1.29, 1.82) is 0 Å². The first-order valence-corrected chi connectivity index (χ1v) is 7.83. The molecule has 6 heteroatoms. The molecule has 0 saturated heterocycles.